The maximum atomic E-state index is 12.2. The van der Waals surface area contributed by atoms with E-state index in [1.807, 2.05) is 6.92 Å². The zero-order valence-corrected chi connectivity index (χ0v) is 15.8. The molecule has 8 nitrogen and oxygen atoms in total. The zero-order valence-electron chi connectivity index (χ0n) is 14.2. The largest absolute Gasteiger partial charge is 0.454 e. The Morgan fingerprint density at radius 1 is 1.33 bits per heavy atom. The molecule has 0 unspecified atom stereocenters. The van der Waals surface area contributed by atoms with Gasteiger partial charge in [0.1, 0.15) is 16.1 Å². The Kier molecular flexibility index (Phi) is 4.79. The highest BCUT2D eigenvalue weighted by molar-refractivity contribution is 8.00. The van der Waals surface area contributed by atoms with E-state index in [-0.39, 0.29) is 18.5 Å². The smallest absolute Gasteiger partial charge is 0.236 e. The number of nitrogens with zero attached hydrogens (tertiary/aromatic N) is 4. The fraction of sp³-hybridized carbons (Fsp3) is 0.235. The van der Waals surface area contributed by atoms with Crippen molar-refractivity contribution < 1.29 is 14.3 Å². The van der Waals surface area contributed by atoms with Crippen LogP contribution in [0.25, 0.3) is 10.9 Å². The molecular weight excluding hydrogens is 386 g/mol. The maximum Gasteiger partial charge on any atom is 0.236 e. The summed E-state index contributed by atoms with van der Waals surface area (Å²) < 4.78 is 10.7. The van der Waals surface area contributed by atoms with Gasteiger partial charge in [-0.05, 0) is 18.6 Å². The number of hydrogen-bond acceptors (Lipinski definition) is 9. The molecule has 136 valence electrons. The molecule has 10 heteroatoms. The number of aromatic nitrogens is 3. The Balaban J connectivity index is 1.51. The van der Waals surface area contributed by atoms with Crippen LogP contribution in [0.2, 0.25) is 0 Å². The summed E-state index contributed by atoms with van der Waals surface area (Å²) in [7, 11) is 0. The SMILES string of the molecule is CCc1nnc(NC(=O)CSc2nc3cc4c(cc3cc2C#N)OCO4)s1. The molecule has 1 aliphatic heterocycles. The molecule has 3 heterocycles. The summed E-state index contributed by atoms with van der Waals surface area (Å²) in [6.07, 6.45) is 0.771. The van der Waals surface area contributed by atoms with E-state index in [1.54, 1.807) is 18.2 Å². The van der Waals surface area contributed by atoms with Gasteiger partial charge in [-0.1, -0.05) is 30.0 Å². The van der Waals surface area contributed by atoms with E-state index in [2.05, 4.69) is 26.6 Å². The standard InChI is InChI=1S/C17H13N5O3S2/c1-2-15-21-22-17(27-15)20-14(23)7-26-16-10(6-18)3-9-4-12-13(25-8-24-12)5-11(9)19-16/h3-5H,2,7-8H2,1H3,(H,20,22,23). The van der Waals surface area contributed by atoms with E-state index >= 15 is 0 Å². The fourth-order valence-corrected chi connectivity index (χ4v) is 3.93. The van der Waals surface area contributed by atoms with Crippen LogP contribution in [0, 0.1) is 11.3 Å². The molecule has 4 rings (SSSR count). The van der Waals surface area contributed by atoms with Gasteiger partial charge in [0.25, 0.3) is 0 Å². The van der Waals surface area contributed by atoms with Crippen molar-refractivity contribution in [3.8, 4) is 17.6 Å². The van der Waals surface area contributed by atoms with Crippen LogP contribution in [0.4, 0.5) is 5.13 Å². The minimum atomic E-state index is -0.227. The van der Waals surface area contributed by atoms with Gasteiger partial charge in [-0.25, -0.2) is 4.98 Å². The molecule has 0 atom stereocenters. The molecule has 3 aromatic rings. The summed E-state index contributed by atoms with van der Waals surface area (Å²) in [4.78, 5) is 16.7. The minimum Gasteiger partial charge on any atom is -0.454 e. The number of ether oxygens (including phenoxy) is 2. The highest BCUT2D eigenvalue weighted by Gasteiger charge is 2.17. The number of benzene rings is 1. The molecular formula is C17H13N5O3S2. The minimum absolute atomic E-state index is 0.110. The molecule has 1 aromatic carbocycles. The lowest BCUT2D eigenvalue weighted by atomic mass is 10.1. The van der Waals surface area contributed by atoms with Crippen molar-refractivity contribution in [2.75, 3.05) is 17.9 Å². The fourth-order valence-electron chi connectivity index (χ4n) is 2.47. The van der Waals surface area contributed by atoms with Gasteiger partial charge < -0.3 is 9.47 Å². The maximum absolute atomic E-state index is 12.2. The van der Waals surface area contributed by atoms with Gasteiger partial charge in [0.15, 0.2) is 11.5 Å². The summed E-state index contributed by atoms with van der Waals surface area (Å²) >= 11 is 2.54. The van der Waals surface area contributed by atoms with Gasteiger partial charge in [-0.15, -0.1) is 10.2 Å². The van der Waals surface area contributed by atoms with Gasteiger partial charge in [0.05, 0.1) is 16.8 Å². The lowest BCUT2D eigenvalue weighted by Gasteiger charge is -2.06. The second kappa shape index (κ2) is 7.38. The van der Waals surface area contributed by atoms with Crippen LogP contribution in [0.3, 0.4) is 0 Å². The van der Waals surface area contributed by atoms with Crippen LogP contribution >= 0.6 is 23.1 Å². The lowest BCUT2D eigenvalue weighted by molar-refractivity contribution is -0.113. The van der Waals surface area contributed by atoms with Crippen LogP contribution < -0.4 is 14.8 Å². The Morgan fingerprint density at radius 3 is 2.89 bits per heavy atom. The van der Waals surface area contributed by atoms with Crippen LogP contribution in [0.15, 0.2) is 23.2 Å². The molecule has 1 N–H and O–H groups in total. The van der Waals surface area contributed by atoms with Crippen molar-refractivity contribution >= 4 is 45.0 Å². The van der Waals surface area contributed by atoms with Gasteiger partial charge in [0.2, 0.25) is 17.8 Å². The van der Waals surface area contributed by atoms with Crippen molar-refractivity contribution in [2.45, 2.75) is 18.4 Å². The predicted molar refractivity (Wildman–Crippen MR) is 101 cm³/mol. The number of hydrogen-bond donors (Lipinski definition) is 1. The van der Waals surface area contributed by atoms with E-state index in [4.69, 9.17) is 9.47 Å². The van der Waals surface area contributed by atoms with E-state index in [9.17, 15) is 10.1 Å². The van der Waals surface area contributed by atoms with Gasteiger partial charge in [0, 0.05) is 11.5 Å². The number of carbonyl (C=O) groups excluding carboxylic acids is 1. The Labute approximate surface area is 162 Å². The summed E-state index contributed by atoms with van der Waals surface area (Å²) in [6.45, 7) is 2.15. The van der Waals surface area contributed by atoms with Crippen LogP contribution in [-0.2, 0) is 11.2 Å². The number of aryl methyl sites for hydroxylation is 1. The predicted octanol–water partition coefficient (Wildman–Crippen LogP) is 2.98. The van der Waals surface area contributed by atoms with Gasteiger partial charge in [-0.3, -0.25) is 10.1 Å². The second-order valence-corrected chi connectivity index (χ2v) is 7.57. The highest BCUT2D eigenvalue weighted by Crippen LogP contribution is 2.37. The molecule has 0 aliphatic carbocycles. The number of nitriles is 1. The number of fused-ring (bicyclic) bond motifs is 2. The van der Waals surface area contributed by atoms with Crippen molar-refractivity contribution in [2.24, 2.45) is 0 Å². The normalized spacial score (nSPS) is 12.1. The monoisotopic (exact) mass is 399 g/mol. The first-order valence-electron chi connectivity index (χ1n) is 8.06. The van der Waals surface area contributed by atoms with E-state index in [0.29, 0.717) is 32.7 Å². The van der Waals surface area contributed by atoms with Crippen molar-refractivity contribution in [3.63, 3.8) is 0 Å². The third kappa shape index (κ3) is 3.65. The molecule has 0 spiro atoms. The number of nitrogens with one attached hydrogen (secondary N) is 1. The van der Waals surface area contributed by atoms with Gasteiger partial charge >= 0.3 is 0 Å². The quantitative estimate of drug-likeness (QED) is 0.652. The molecule has 0 saturated heterocycles. The topological polar surface area (TPSA) is 110 Å². The van der Waals surface area contributed by atoms with Crippen molar-refractivity contribution in [1.29, 1.82) is 5.26 Å². The Hall–Kier alpha value is -2.90. The first-order valence-corrected chi connectivity index (χ1v) is 9.86. The number of anilines is 1. The summed E-state index contributed by atoms with van der Waals surface area (Å²) in [6, 6.07) is 7.44. The van der Waals surface area contributed by atoms with Crippen molar-refractivity contribution in [3.05, 3.63) is 28.8 Å². The van der Waals surface area contributed by atoms with Crippen molar-refractivity contribution in [1.82, 2.24) is 15.2 Å². The molecule has 0 radical (unpaired) electrons. The number of carbonyl (C=O) groups is 1. The number of amides is 1. The van der Waals surface area contributed by atoms with E-state index in [1.165, 1.54) is 23.1 Å². The lowest BCUT2D eigenvalue weighted by Crippen LogP contribution is -2.14. The average Bonchev–Trinajstić information content (AvgIpc) is 3.32. The third-order valence-corrected chi connectivity index (χ3v) is 5.72. The number of pyridine rings is 1. The molecule has 0 fully saturated rings. The second-order valence-electron chi connectivity index (χ2n) is 5.54. The molecule has 1 aliphatic rings. The highest BCUT2D eigenvalue weighted by atomic mass is 32.2. The van der Waals surface area contributed by atoms with E-state index < -0.39 is 0 Å². The van der Waals surface area contributed by atoms with Gasteiger partial charge in [-0.2, -0.15) is 5.26 Å². The number of thioether (sulfide) groups is 1. The first kappa shape index (κ1) is 17.5. The molecule has 27 heavy (non-hydrogen) atoms. The molecule has 1 amide bonds. The summed E-state index contributed by atoms with van der Waals surface area (Å²) in [5, 5.41) is 22.6. The van der Waals surface area contributed by atoms with Crippen LogP contribution in [-0.4, -0.2) is 33.6 Å². The average molecular weight is 399 g/mol. The summed E-state index contributed by atoms with van der Waals surface area (Å²) in [5.41, 5.74) is 1.08. The third-order valence-electron chi connectivity index (χ3n) is 3.75. The molecule has 0 saturated carbocycles. The first-order chi connectivity index (χ1) is 13.2. The number of rotatable bonds is 5. The van der Waals surface area contributed by atoms with Crippen LogP contribution in [0.1, 0.15) is 17.5 Å². The Morgan fingerprint density at radius 2 is 2.15 bits per heavy atom. The zero-order chi connectivity index (χ0) is 18.8. The summed E-state index contributed by atoms with van der Waals surface area (Å²) in [5.74, 6) is 1.14. The Bertz CT molecular complexity index is 1080. The molecule has 2 aromatic heterocycles. The molecule has 0 bridgehead atoms. The van der Waals surface area contributed by atoms with E-state index in [0.717, 1.165) is 16.8 Å². The van der Waals surface area contributed by atoms with Crippen LogP contribution in [0.5, 0.6) is 11.5 Å².